The van der Waals surface area contributed by atoms with Gasteiger partial charge in [-0.15, -0.1) is 0 Å². The molecule has 0 aliphatic carbocycles. The Hall–Kier alpha value is -4.71. The first kappa shape index (κ1) is 64.3. The molecule has 1 unspecified atom stereocenters. The third-order valence-electron chi connectivity index (χ3n) is 11.0. The number of ether oxygens (including phenoxy) is 3. The molecule has 0 radical (unpaired) electrons. The van der Waals surface area contributed by atoms with E-state index in [1.807, 2.05) is 72.9 Å². The van der Waals surface area contributed by atoms with Crippen molar-refractivity contribution in [3.05, 3.63) is 146 Å². The highest BCUT2D eigenvalue weighted by molar-refractivity contribution is 5.71. The van der Waals surface area contributed by atoms with Crippen molar-refractivity contribution in [3.63, 3.8) is 0 Å². The van der Waals surface area contributed by atoms with E-state index in [0.29, 0.717) is 25.7 Å². The fourth-order valence-electron chi connectivity index (χ4n) is 6.94. The number of allylic oxidation sites excluding steroid dienone is 24. The van der Waals surface area contributed by atoms with Gasteiger partial charge in [0, 0.05) is 19.3 Å². The molecule has 0 aromatic carbocycles. The van der Waals surface area contributed by atoms with E-state index < -0.39 is 6.10 Å². The number of esters is 3. The second kappa shape index (κ2) is 55.9. The summed E-state index contributed by atoms with van der Waals surface area (Å²) in [5, 5.41) is 0. The highest BCUT2D eigenvalue weighted by atomic mass is 16.6. The van der Waals surface area contributed by atoms with Crippen molar-refractivity contribution in [1.29, 1.82) is 0 Å². The number of carbonyl (C=O) groups is 3. The molecule has 0 amide bonds. The minimum Gasteiger partial charge on any atom is -0.462 e. The predicted molar refractivity (Wildman–Crippen MR) is 297 cm³/mol. The zero-order valence-corrected chi connectivity index (χ0v) is 44.0. The van der Waals surface area contributed by atoms with Gasteiger partial charge in [0.15, 0.2) is 6.10 Å². The van der Waals surface area contributed by atoms with E-state index in [1.54, 1.807) is 0 Å². The summed E-state index contributed by atoms with van der Waals surface area (Å²) in [6.07, 6.45) is 79.7. The van der Waals surface area contributed by atoms with Crippen LogP contribution < -0.4 is 0 Å². The third-order valence-corrected chi connectivity index (χ3v) is 11.0. The molecule has 0 rings (SSSR count). The fourth-order valence-corrected chi connectivity index (χ4v) is 6.94. The summed E-state index contributed by atoms with van der Waals surface area (Å²) in [7, 11) is 0. The molecule has 6 nitrogen and oxygen atoms in total. The zero-order chi connectivity index (χ0) is 50.0. The van der Waals surface area contributed by atoms with E-state index in [9.17, 15) is 14.4 Å². The molecule has 0 spiro atoms. The van der Waals surface area contributed by atoms with Crippen LogP contribution in [0.1, 0.15) is 213 Å². The first-order valence-corrected chi connectivity index (χ1v) is 27.4. The van der Waals surface area contributed by atoms with Gasteiger partial charge in [0.25, 0.3) is 0 Å². The van der Waals surface area contributed by atoms with Crippen molar-refractivity contribution < 1.29 is 28.6 Å². The van der Waals surface area contributed by atoms with E-state index in [1.165, 1.54) is 57.8 Å². The van der Waals surface area contributed by atoms with Crippen molar-refractivity contribution in [2.75, 3.05) is 13.2 Å². The summed E-state index contributed by atoms with van der Waals surface area (Å²) in [5.74, 6) is -1.01. The summed E-state index contributed by atoms with van der Waals surface area (Å²) in [5.41, 5.74) is 0. The minimum atomic E-state index is -0.824. The molecular weight excluding hydrogens is 853 g/mol. The average Bonchev–Trinajstić information content (AvgIpc) is 3.35. The van der Waals surface area contributed by atoms with Gasteiger partial charge in [-0.2, -0.15) is 0 Å². The van der Waals surface area contributed by atoms with Gasteiger partial charge in [-0.05, 0) is 103 Å². The van der Waals surface area contributed by atoms with Crippen LogP contribution in [0.25, 0.3) is 0 Å². The Morgan fingerprint density at radius 2 is 0.638 bits per heavy atom. The molecule has 6 heteroatoms. The van der Waals surface area contributed by atoms with Gasteiger partial charge in [0.05, 0.1) is 0 Å². The van der Waals surface area contributed by atoms with Crippen LogP contribution in [0, 0.1) is 0 Å². The largest absolute Gasteiger partial charge is 0.462 e. The Morgan fingerprint density at radius 3 is 1.09 bits per heavy atom. The predicted octanol–water partition coefficient (Wildman–Crippen LogP) is 18.4. The molecule has 0 bridgehead atoms. The quantitative estimate of drug-likeness (QED) is 0.0199. The van der Waals surface area contributed by atoms with Gasteiger partial charge >= 0.3 is 17.9 Å². The lowest BCUT2D eigenvalue weighted by Gasteiger charge is -2.18. The van der Waals surface area contributed by atoms with Gasteiger partial charge in [-0.1, -0.05) is 237 Å². The SMILES string of the molecule is CC\C=C/C=C\C=C/C=C\C=C\C=C/C=C\CCCCCC(=O)OCC(COC(=O)CCCCCCC/C=C\CCCCCCCCC)OC(=O)CCCCC/C=C\C/C=C\C/C=C\C/C=C\CC. The maximum Gasteiger partial charge on any atom is 0.306 e. The average molecular weight is 951 g/mol. The van der Waals surface area contributed by atoms with Crippen LogP contribution in [0.4, 0.5) is 0 Å². The maximum atomic E-state index is 12.8. The summed E-state index contributed by atoms with van der Waals surface area (Å²) < 4.78 is 16.8. The molecule has 0 aliphatic rings. The number of rotatable bonds is 47. The first-order valence-electron chi connectivity index (χ1n) is 27.4. The molecule has 0 heterocycles. The van der Waals surface area contributed by atoms with Crippen LogP contribution in [-0.4, -0.2) is 37.2 Å². The van der Waals surface area contributed by atoms with E-state index >= 15 is 0 Å². The highest BCUT2D eigenvalue weighted by Crippen LogP contribution is 2.13. The Balaban J connectivity index is 4.59. The molecule has 0 N–H and O–H groups in total. The maximum absolute atomic E-state index is 12.8. The minimum absolute atomic E-state index is 0.116. The van der Waals surface area contributed by atoms with E-state index in [4.69, 9.17) is 14.2 Å². The monoisotopic (exact) mass is 951 g/mol. The summed E-state index contributed by atoms with van der Waals surface area (Å²) in [4.78, 5) is 38.1. The van der Waals surface area contributed by atoms with Crippen LogP contribution in [0.15, 0.2) is 146 Å². The Bertz CT molecular complexity index is 1560. The smallest absolute Gasteiger partial charge is 0.306 e. The fraction of sp³-hybridized carbons (Fsp3) is 0.571. The number of hydrogen-bond acceptors (Lipinski definition) is 6. The van der Waals surface area contributed by atoms with Crippen molar-refractivity contribution in [1.82, 2.24) is 0 Å². The lowest BCUT2D eigenvalue weighted by atomic mass is 10.1. The molecule has 1 atom stereocenters. The van der Waals surface area contributed by atoms with Crippen LogP contribution >= 0.6 is 0 Å². The molecule has 0 aromatic heterocycles. The second-order valence-electron chi connectivity index (χ2n) is 17.6. The van der Waals surface area contributed by atoms with Gasteiger partial charge in [-0.3, -0.25) is 14.4 Å². The highest BCUT2D eigenvalue weighted by Gasteiger charge is 2.19. The molecule has 0 fully saturated rings. The normalized spacial score (nSPS) is 13.3. The van der Waals surface area contributed by atoms with Gasteiger partial charge in [0.1, 0.15) is 13.2 Å². The van der Waals surface area contributed by atoms with Crippen molar-refractivity contribution in [2.45, 2.75) is 219 Å². The molecule has 0 saturated heterocycles. The Kier molecular flexibility index (Phi) is 52.1. The van der Waals surface area contributed by atoms with Crippen LogP contribution in [0.5, 0.6) is 0 Å². The number of carbonyl (C=O) groups excluding carboxylic acids is 3. The molecule has 386 valence electrons. The Labute approximate surface area is 423 Å². The standard InChI is InChI=1S/C63H98O6/c1-4-7-10-13-16-19-22-25-28-31-32-33-36-38-41-44-47-50-53-56-62(65)68-59-60(69-63(66)57-54-51-48-45-42-39-35-30-27-24-21-18-15-12-9-6-3)58-67-61(64)55-52-49-46-43-40-37-34-29-26-23-20-17-14-11-8-5-2/h7,9-10,12-13,16,18-19,21-22,25,27-34,36,38-39,41-42,60H,4-6,8,11,14-15,17,20,23-24,26,35,37,40,43-59H2,1-3H3/b10-7-,12-9-,16-13-,21-18-,22-19-,28-25-,30-27-,32-31+,34-29-,36-33-,41-38-,42-39-. The lowest BCUT2D eigenvalue weighted by Crippen LogP contribution is -2.30. The molecular formula is C63H98O6. The number of unbranched alkanes of at least 4 members (excludes halogenated alkanes) is 18. The second-order valence-corrected chi connectivity index (χ2v) is 17.6. The van der Waals surface area contributed by atoms with Crippen LogP contribution in [0.2, 0.25) is 0 Å². The van der Waals surface area contributed by atoms with E-state index in [2.05, 4.69) is 93.7 Å². The van der Waals surface area contributed by atoms with Crippen LogP contribution in [-0.2, 0) is 28.6 Å². The van der Waals surface area contributed by atoms with Crippen molar-refractivity contribution in [3.8, 4) is 0 Å². The van der Waals surface area contributed by atoms with Gasteiger partial charge in [-0.25, -0.2) is 0 Å². The topological polar surface area (TPSA) is 78.9 Å². The van der Waals surface area contributed by atoms with Crippen LogP contribution in [0.3, 0.4) is 0 Å². The summed E-state index contributed by atoms with van der Waals surface area (Å²) >= 11 is 0. The van der Waals surface area contributed by atoms with Gasteiger partial charge < -0.3 is 14.2 Å². The molecule has 0 saturated carbocycles. The van der Waals surface area contributed by atoms with Crippen molar-refractivity contribution >= 4 is 17.9 Å². The molecule has 69 heavy (non-hydrogen) atoms. The summed E-state index contributed by atoms with van der Waals surface area (Å²) in [6.45, 7) is 6.29. The molecule has 0 aromatic rings. The van der Waals surface area contributed by atoms with E-state index in [-0.39, 0.29) is 37.5 Å². The zero-order valence-electron chi connectivity index (χ0n) is 44.0. The van der Waals surface area contributed by atoms with Gasteiger partial charge in [0.2, 0.25) is 0 Å². The van der Waals surface area contributed by atoms with E-state index in [0.717, 1.165) is 103 Å². The lowest BCUT2D eigenvalue weighted by molar-refractivity contribution is -0.167. The Morgan fingerprint density at radius 1 is 0.319 bits per heavy atom. The third kappa shape index (κ3) is 54.1. The van der Waals surface area contributed by atoms with Crippen molar-refractivity contribution in [2.24, 2.45) is 0 Å². The number of hydrogen-bond donors (Lipinski definition) is 0. The molecule has 0 aliphatic heterocycles. The summed E-state index contributed by atoms with van der Waals surface area (Å²) in [6, 6.07) is 0. The first-order chi connectivity index (χ1) is 34.0.